The summed E-state index contributed by atoms with van der Waals surface area (Å²) in [6, 6.07) is 10.4. The molecule has 19 heavy (non-hydrogen) atoms. The number of aromatic carboxylic acids is 1. The van der Waals surface area contributed by atoms with Crippen molar-refractivity contribution in [3.63, 3.8) is 0 Å². The molecule has 0 amide bonds. The maximum atomic E-state index is 11.0. The molecule has 4 nitrogen and oxygen atoms in total. The van der Waals surface area contributed by atoms with Gasteiger partial charge in [-0.15, -0.1) is 0 Å². The highest BCUT2D eigenvalue weighted by Gasteiger charge is 2.08. The summed E-state index contributed by atoms with van der Waals surface area (Å²) in [6.07, 6.45) is 0. The van der Waals surface area contributed by atoms with Crippen LogP contribution < -0.4 is 11.1 Å². The van der Waals surface area contributed by atoms with Gasteiger partial charge < -0.3 is 16.2 Å². The van der Waals surface area contributed by atoms with Gasteiger partial charge in [-0.05, 0) is 59.0 Å². The SMILES string of the molecule is Nc1ccc(C(=O)O)cc1Nc1cc(Br)ccc1I. The molecular formula is C13H10BrIN2O2. The van der Waals surface area contributed by atoms with Crippen molar-refractivity contribution in [3.05, 3.63) is 50.0 Å². The number of nitrogens with two attached hydrogens (primary N) is 1. The number of hydrogen-bond donors (Lipinski definition) is 3. The average molecular weight is 433 g/mol. The highest BCUT2D eigenvalue weighted by atomic mass is 127. The molecule has 98 valence electrons. The van der Waals surface area contributed by atoms with Crippen LogP contribution in [0, 0.1) is 3.57 Å². The van der Waals surface area contributed by atoms with Crippen LogP contribution in [-0.4, -0.2) is 11.1 Å². The number of rotatable bonds is 3. The fourth-order valence-electron chi connectivity index (χ4n) is 1.54. The molecule has 0 aromatic heterocycles. The summed E-state index contributed by atoms with van der Waals surface area (Å²) in [5, 5.41) is 12.1. The highest BCUT2D eigenvalue weighted by molar-refractivity contribution is 14.1. The van der Waals surface area contributed by atoms with Crippen LogP contribution in [0.5, 0.6) is 0 Å². The van der Waals surface area contributed by atoms with Crippen LogP contribution >= 0.6 is 38.5 Å². The molecule has 2 rings (SSSR count). The van der Waals surface area contributed by atoms with Gasteiger partial charge in [0.25, 0.3) is 0 Å². The zero-order valence-electron chi connectivity index (χ0n) is 9.65. The van der Waals surface area contributed by atoms with Crippen molar-refractivity contribution in [2.45, 2.75) is 0 Å². The summed E-state index contributed by atoms with van der Waals surface area (Å²) < 4.78 is 1.95. The standard InChI is InChI=1S/C13H10BrIN2O2/c14-8-2-3-9(15)11(6-8)17-12-5-7(13(18)19)1-4-10(12)16/h1-6,17H,16H2,(H,18,19). The van der Waals surface area contributed by atoms with Crippen molar-refractivity contribution in [3.8, 4) is 0 Å². The number of anilines is 3. The maximum Gasteiger partial charge on any atom is 0.335 e. The van der Waals surface area contributed by atoms with Crippen LogP contribution in [0.1, 0.15) is 10.4 Å². The van der Waals surface area contributed by atoms with Gasteiger partial charge in [-0.1, -0.05) is 15.9 Å². The van der Waals surface area contributed by atoms with Crippen LogP contribution in [0.4, 0.5) is 17.1 Å². The van der Waals surface area contributed by atoms with E-state index < -0.39 is 5.97 Å². The Labute approximate surface area is 132 Å². The van der Waals surface area contributed by atoms with Crippen LogP contribution in [-0.2, 0) is 0 Å². The lowest BCUT2D eigenvalue weighted by atomic mass is 10.1. The predicted octanol–water partition coefficient (Wildman–Crippen LogP) is 4.08. The van der Waals surface area contributed by atoms with Gasteiger partial charge in [-0.2, -0.15) is 0 Å². The molecule has 0 aliphatic rings. The van der Waals surface area contributed by atoms with Gasteiger partial charge in [-0.3, -0.25) is 0 Å². The van der Waals surface area contributed by atoms with E-state index in [1.807, 2.05) is 18.2 Å². The smallest absolute Gasteiger partial charge is 0.335 e. The molecule has 0 unspecified atom stereocenters. The molecule has 0 atom stereocenters. The number of halogens is 2. The van der Waals surface area contributed by atoms with Gasteiger partial charge in [0.15, 0.2) is 0 Å². The predicted molar refractivity (Wildman–Crippen MR) is 88.0 cm³/mol. The number of benzene rings is 2. The zero-order chi connectivity index (χ0) is 14.0. The lowest BCUT2D eigenvalue weighted by molar-refractivity contribution is 0.0697. The van der Waals surface area contributed by atoms with E-state index in [2.05, 4.69) is 43.8 Å². The fourth-order valence-corrected chi connectivity index (χ4v) is 2.37. The van der Waals surface area contributed by atoms with E-state index >= 15 is 0 Å². The molecule has 0 aliphatic carbocycles. The van der Waals surface area contributed by atoms with Crippen LogP contribution in [0.15, 0.2) is 40.9 Å². The van der Waals surface area contributed by atoms with Crippen LogP contribution in [0.3, 0.4) is 0 Å². The lowest BCUT2D eigenvalue weighted by Gasteiger charge is -2.12. The Morgan fingerprint density at radius 2 is 1.95 bits per heavy atom. The molecule has 0 bridgehead atoms. The largest absolute Gasteiger partial charge is 0.478 e. The Morgan fingerprint density at radius 3 is 2.63 bits per heavy atom. The first-order valence-electron chi connectivity index (χ1n) is 5.32. The second-order valence-corrected chi connectivity index (χ2v) is 5.93. The third-order valence-electron chi connectivity index (χ3n) is 2.50. The topological polar surface area (TPSA) is 75.4 Å². The molecule has 0 saturated carbocycles. The first kappa shape index (κ1) is 14.1. The number of carboxylic acid groups (broad SMARTS) is 1. The second kappa shape index (κ2) is 5.79. The minimum atomic E-state index is -0.980. The van der Waals surface area contributed by atoms with Gasteiger partial charge in [0.05, 0.1) is 22.6 Å². The zero-order valence-corrected chi connectivity index (χ0v) is 13.4. The Balaban J connectivity index is 2.40. The summed E-state index contributed by atoms with van der Waals surface area (Å²) in [6.45, 7) is 0. The lowest BCUT2D eigenvalue weighted by Crippen LogP contribution is -2.02. The van der Waals surface area contributed by atoms with Crippen LogP contribution in [0.2, 0.25) is 0 Å². The highest BCUT2D eigenvalue weighted by Crippen LogP contribution is 2.29. The first-order chi connectivity index (χ1) is 8.97. The van der Waals surface area contributed by atoms with Crippen molar-refractivity contribution in [1.29, 1.82) is 0 Å². The minimum absolute atomic E-state index is 0.196. The van der Waals surface area contributed by atoms with Gasteiger partial charge in [0.1, 0.15) is 0 Å². The number of nitrogen functional groups attached to an aromatic ring is 1. The third-order valence-corrected chi connectivity index (χ3v) is 3.93. The van der Waals surface area contributed by atoms with Gasteiger partial charge in [-0.25, -0.2) is 4.79 Å². The molecule has 0 spiro atoms. The minimum Gasteiger partial charge on any atom is -0.478 e. The molecular weight excluding hydrogens is 423 g/mol. The molecule has 0 saturated heterocycles. The molecule has 0 fully saturated rings. The summed E-state index contributed by atoms with van der Waals surface area (Å²) >= 11 is 5.59. The number of nitrogens with one attached hydrogen (secondary N) is 1. The fraction of sp³-hybridized carbons (Fsp3) is 0. The van der Waals surface area contributed by atoms with E-state index in [0.29, 0.717) is 11.4 Å². The quantitative estimate of drug-likeness (QED) is 0.504. The van der Waals surface area contributed by atoms with Crippen molar-refractivity contribution in [2.75, 3.05) is 11.1 Å². The maximum absolute atomic E-state index is 11.0. The number of hydrogen-bond acceptors (Lipinski definition) is 3. The summed E-state index contributed by atoms with van der Waals surface area (Å²) in [5.74, 6) is -0.980. The van der Waals surface area contributed by atoms with Gasteiger partial charge in [0.2, 0.25) is 0 Å². The molecule has 0 aliphatic heterocycles. The van der Waals surface area contributed by atoms with E-state index in [1.165, 1.54) is 12.1 Å². The van der Waals surface area contributed by atoms with E-state index in [1.54, 1.807) is 6.07 Å². The Kier molecular flexibility index (Phi) is 4.31. The Bertz CT molecular complexity index is 647. The van der Waals surface area contributed by atoms with E-state index in [0.717, 1.165) is 13.7 Å². The van der Waals surface area contributed by atoms with Crippen molar-refractivity contribution >= 4 is 61.6 Å². The normalized spacial score (nSPS) is 10.2. The average Bonchev–Trinajstić information content (AvgIpc) is 2.36. The first-order valence-corrected chi connectivity index (χ1v) is 7.19. The summed E-state index contributed by atoms with van der Waals surface area (Å²) in [4.78, 5) is 11.0. The van der Waals surface area contributed by atoms with Crippen molar-refractivity contribution < 1.29 is 9.90 Å². The molecule has 0 radical (unpaired) electrons. The molecule has 0 heterocycles. The van der Waals surface area contributed by atoms with E-state index in [-0.39, 0.29) is 5.56 Å². The van der Waals surface area contributed by atoms with Crippen molar-refractivity contribution in [2.24, 2.45) is 0 Å². The van der Waals surface area contributed by atoms with Gasteiger partial charge in [0, 0.05) is 8.04 Å². The molecule has 2 aromatic rings. The van der Waals surface area contributed by atoms with Gasteiger partial charge >= 0.3 is 5.97 Å². The van der Waals surface area contributed by atoms with Crippen LogP contribution in [0.25, 0.3) is 0 Å². The monoisotopic (exact) mass is 432 g/mol. The Morgan fingerprint density at radius 1 is 1.21 bits per heavy atom. The number of carboxylic acids is 1. The molecule has 6 heteroatoms. The van der Waals surface area contributed by atoms with Crippen molar-refractivity contribution in [1.82, 2.24) is 0 Å². The summed E-state index contributed by atoms with van der Waals surface area (Å²) in [7, 11) is 0. The third kappa shape index (κ3) is 3.38. The Hall–Kier alpha value is -1.28. The van der Waals surface area contributed by atoms with E-state index in [4.69, 9.17) is 10.8 Å². The summed E-state index contributed by atoms with van der Waals surface area (Å²) in [5.41, 5.74) is 8.00. The second-order valence-electron chi connectivity index (χ2n) is 3.86. The molecule has 4 N–H and O–H groups in total. The molecule has 2 aromatic carbocycles. The number of carbonyl (C=O) groups is 1. The van der Waals surface area contributed by atoms with E-state index in [9.17, 15) is 4.79 Å².